The summed E-state index contributed by atoms with van der Waals surface area (Å²) in [5.41, 5.74) is -0.163. The third kappa shape index (κ3) is 2.10. The fraction of sp³-hybridized carbons (Fsp3) is 0.583. The van der Waals surface area contributed by atoms with Gasteiger partial charge in [-0.15, -0.1) is 0 Å². The smallest absolute Gasteiger partial charge is 0.329 e. The molecule has 1 heterocycles. The second kappa shape index (κ2) is 4.12. The van der Waals surface area contributed by atoms with Gasteiger partial charge in [0.25, 0.3) is 5.91 Å². The highest BCUT2D eigenvalue weighted by Gasteiger charge is 2.48. The van der Waals surface area contributed by atoms with Gasteiger partial charge >= 0.3 is 5.97 Å². The van der Waals surface area contributed by atoms with Crippen molar-refractivity contribution in [3.63, 3.8) is 0 Å². The molecule has 1 atom stereocenters. The molecule has 0 aromatic carbocycles. The first-order chi connectivity index (χ1) is 8.34. The van der Waals surface area contributed by atoms with E-state index >= 15 is 0 Å². The molecule has 0 bridgehead atoms. The molecule has 6 heteroatoms. The van der Waals surface area contributed by atoms with Gasteiger partial charge in [0.1, 0.15) is 5.54 Å². The lowest BCUT2D eigenvalue weighted by Crippen LogP contribution is -2.54. The van der Waals surface area contributed by atoms with Crippen LogP contribution in [0, 0.1) is 12.8 Å². The number of carboxylic acids is 1. The van der Waals surface area contributed by atoms with E-state index in [-0.39, 0.29) is 11.8 Å². The van der Waals surface area contributed by atoms with Gasteiger partial charge in [-0.2, -0.15) is 5.10 Å². The zero-order valence-electron chi connectivity index (χ0n) is 10.7. The van der Waals surface area contributed by atoms with Crippen molar-refractivity contribution in [1.29, 1.82) is 0 Å². The quantitative estimate of drug-likeness (QED) is 0.825. The van der Waals surface area contributed by atoms with Crippen molar-refractivity contribution in [2.75, 3.05) is 0 Å². The highest BCUT2D eigenvalue weighted by Crippen LogP contribution is 2.39. The van der Waals surface area contributed by atoms with Gasteiger partial charge < -0.3 is 10.4 Å². The first-order valence-corrected chi connectivity index (χ1v) is 5.90. The lowest BCUT2D eigenvalue weighted by Gasteiger charge is -2.25. The summed E-state index contributed by atoms with van der Waals surface area (Å²) >= 11 is 0. The molecule has 1 fully saturated rings. The van der Waals surface area contributed by atoms with Crippen LogP contribution in [-0.4, -0.2) is 32.3 Å². The first kappa shape index (κ1) is 12.6. The Labute approximate surface area is 105 Å². The number of carbonyl (C=O) groups excluding carboxylic acids is 1. The van der Waals surface area contributed by atoms with Crippen LogP contribution >= 0.6 is 0 Å². The van der Waals surface area contributed by atoms with Crippen molar-refractivity contribution in [3.8, 4) is 0 Å². The summed E-state index contributed by atoms with van der Waals surface area (Å²) < 4.78 is 1.54. The summed E-state index contributed by atoms with van der Waals surface area (Å²) in [5.74, 6) is -1.34. The normalized spacial score (nSPS) is 18.2. The number of hydrogen-bond donors (Lipinski definition) is 2. The minimum Gasteiger partial charge on any atom is -0.480 e. The monoisotopic (exact) mass is 251 g/mol. The third-order valence-electron chi connectivity index (χ3n) is 3.47. The van der Waals surface area contributed by atoms with Crippen molar-refractivity contribution in [3.05, 3.63) is 17.5 Å². The molecule has 0 aliphatic heterocycles. The summed E-state index contributed by atoms with van der Waals surface area (Å²) in [6.45, 7) is 3.29. The molecule has 1 amide bonds. The van der Waals surface area contributed by atoms with Crippen LogP contribution in [0.1, 0.15) is 35.8 Å². The van der Waals surface area contributed by atoms with Crippen LogP contribution in [0.4, 0.5) is 0 Å². The van der Waals surface area contributed by atoms with E-state index in [1.165, 1.54) is 0 Å². The molecule has 1 unspecified atom stereocenters. The number of hydrogen-bond acceptors (Lipinski definition) is 3. The van der Waals surface area contributed by atoms with E-state index in [0.717, 1.165) is 12.8 Å². The molecule has 1 aromatic heterocycles. The van der Waals surface area contributed by atoms with Crippen molar-refractivity contribution < 1.29 is 14.7 Å². The van der Waals surface area contributed by atoms with Gasteiger partial charge in [0.15, 0.2) is 0 Å². The van der Waals surface area contributed by atoms with Gasteiger partial charge in [-0.1, -0.05) is 0 Å². The second-order valence-electron chi connectivity index (χ2n) is 5.04. The number of aryl methyl sites for hydroxylation is 2. The van der Waals surface area contributed by atoms with Crippen LogP contribution in [-0.2, 0) is 11.8 Å². The molecule has 2 rings (SSSR count). The largest absolute Gasteiger partial charge is 0.480 e. The molecule has 1 aliphatic carbocycles. The van der Waals surface area contributed by atoms with E-state index in [2.05, 4.69) is 10.4 Å². The van der Waals surface area contributed by atoms with E-state index < -0.39 is 11.5 Å². The number of aliphatic carboxylic acids is 1. The summed E-state index contributed by atoms with van der Waals surface area (Å²) in [6, 6.07) is 0. The van der Waals surface area contributed by atoms with Crippen LogP contribution in [0.2, 0.25) is 0 Å². The summed E-state index contributed by atoms with van der Waals surface area (Å²) in [5, 5.41) is 16.0. The predicted octanol–water partition coefficient (Wildman–Crippen LogP) is 0.712. The molecular weight excluding hydrogens is 234 g/mol. The topological polar surface area (TPSA) is 84.2 Å². The van der Waals surface area contributed by atoms with Gasteiger partial charge in [0.05, 0.1) is 11.3 Å². The molecule has 0 saturated heterocycles. The Kier molecular flexibility index (Phi) is 2.88. The molecule has 2 N–H and O–H groups in total. The van der Waals surface area contributed by atoms with Crippen molar-refractivity contribution in [1.82, 2.24) is 15.1 Å². The molecule has 1 saturated carbocycles. The van der Waals surface area contributed by atoms with Crippen LogP contribution < -0.4 is 5.32 Å². The number of amides is 1. The molecule has 6 nitrogen and oxygen atoms in total. The molecule has 18 heavy (non-hydrogen) atoms. The van der Waals surface area contributed by atoms with Crippen molar-refractivity contribution in [2.45, 2.75) is 32.2 Å². The van der Waals surface area contributed by atoms with E-state index in [1.807, 2.05) is 0 Å². The van der Waals surface area contributed by atoms with Crippen molar-refractivity contribution in [2.24, 2.45) is 13.0 Å². The molecule has 0 spiro atoms. The molecule has 1 aliphatic rings. The SMILES string of the molecule is Cc1nn(C)cc1C(=O)NC(C)(C(=O)O)C1CC1. The Hall–Kier alpha value is -1.85. The Morgan fingerprint density at radius 2 is 2.17 bits per heavy atom. The minimum atomic E-state index is -1.18. The minimum absolute atomic E-state index is 0.0240. The lowest BCUT2D eigenvalue weighted by molar-refractivity contribution is -0.144. The predicted molar refractivity (Wildman–Crippen MR) is 64.2 cm³/mol. The third-order valence-corrected chi connectivity index (χ3v) is 3.47. The molecular formula is C12H17N3O3. The number of aromatic nitrogens is 2. The lowest BCUT2D eigenvalue weighted by atomic mass is 9.95. The van der Waals surface area contributed by atoms with Gasteiger partial charge in [0, 0.05) is 13.2 Å². The zero-order chi connectivity index (χ0) is 13.5. The van der Waals surface area contributed by atoms with E-state index in [0.29, 0.717) is 11.3 Å². The average molecular weight is 251 g/mol. The van der Waals surface area contributed by atoms with E-state index in [9.17, 15) is 14.7 Å². The maximum Gasteiger partial charge on any atom is 0.329 e. The number of carboxylic acid groups (broad SMARTS) is 1. The summed E-state index contributed by atoms with van der Waals surface area (Å²) in [4.78, 5) is 23.4. The second-order valence-corrected chi connectivity index (χ2v) is 5.04. The van der Waals surface area contributed by atoms with Gasteiger partial charge in [-0.25, -0.2) is 4.79 Å². The van der Waals surface area contributed by atoms with Crippen LogP contribution in [0.15, 0.2) is 6.20 Å². The molecule has 0 radical (unpaired) electrons. The maximum absolute atomic E-state index is 12.1. The van der Waals surface area contributed by atoms with Gasteiger partial charge in [-0.05, 0) is 32.6 Å². The maximum atomic E-state index is 12.1. The number of nitrogens with zero attached hydrogens (tertiary/aromatic N) is 2. The number of rotatable bonds is 4. The Balaban J connectivity index is 2.20. The Morgan fingerprint density at radius 3 is 2.56 bits per heavy atom. The van der Waals surface area contributed by atoms with E-state index in [4.69, 9.17) is 0 Å². The van der Waals surface area contributed by atoms with Crippen molar-refractivity contribution >= 4 is 11.9 Å². The fourth-order valence-electron chi connectivity index (χ4n) is 2.12. The standard InChI is InChI=1S/C12H17N3O3/c1-7-9(6-15(3)14-7)10(16)13-12(2,11(17)18)8-4-5-8/h6,8H,4-5H2,1-3H3,(H,13,16)(H,17,18). The fourth-order valence-corrected chi connectivity index (χ4v) is 2.12. The summed E-state index contributed by atoms with van der Waals surface area (Å²) in [6.07, 6.45) is 3.28. The van der Waals surface area contributed by atoms with E-state index in [1.54, 1.807) is 31.8 Å². The highest BCUT2D eigenvalue weighted by molar-refractivity contribution is 5.98. The highest BCUT2D eigenvalue weighted by atomic mass is 16.4. The number of nitrogens with one attached hydrogen (secondary N) is 1. The van der Waals surface area contributed by atoms with Crippen LogP contribution in [0.25, 0.3) is 0 Å². The summed E-state index contributed by atoms with van der Waals surface area (Å²) in [7, 11) is 1.72. The molecule has 98 valence electrons. The Morgan fingerprint density at radius 1 is 1.56 bits per heavy atom. The van der Waals surface area contributed by atoms with Crippen LogP contribution in [0.5, 0.6) is 0 Å². The average Bonchev–Trinajstić information content (AvgIpc) is 3.04. The number of carbonyl (C=O) groups is 2. The zero-order valence-corrected chi connectivity index (χ0v) is 10.7. The first-order valence-electron chi connectivity index (χ1n) is 5.90. The van der Waals surface area contributed by atoms with Crippen LogP contribution in [0.3, 0.4) is 0 Å². The van der Waals surface area contributed by atoms with Gasteiger partial charge in [0.2, 0.25) is 0 Å². The molecule has 1 aromatic rings. The Bertz CT molecular complexity index is 505. The van der Waals surface area contributed by atoms with Gasteiger partial charge in [-0.3, -0.25) is 9.48 Å².